The van der Waals surface area contributed by atoms with E-state index >= 15 is 0 Å². The van der Waals surface area contributed by atoms with E-state index in [1.54, 1.807) is 13.0 Å². The van der Waals surface area contributed by atoms with Crippen LogP contribution in [0.25, 0.3) is 0 Å². The minimum Gasteiger partial charge on any atom is -0.381 e. The van der Waals surface area contributed by atoms with Gasteiger partial charge in [0.1, 0.15) is 5.82 Å². The average molecular weight is 180 g/mol. The van der Waals surface area contributed by atoms with Crippen molar-refractivity contribution in [2.45, 2.75) is 19.9 Å². The van der Waals surface area contributed by atoms with Crippen molar-refractivity contribution in [2.24, 2.45) is 0 Å². The van der Waals surface area contributed by atoms with Gasteiger partial charge < -0.3 is 10.6 Å². The lowest BCUT2D eigenvalue weighted by Crippen LogP contribution is -2.30. The van der Waals surface area contributed by atoms with Crippen LogP contribution in [0.1, 0.15) is 12.5 Å². The summed E-state index contributed by atoms with van der Waals surface area (Å²) in [5.74, 6) is -0.150. The molecule has 1 unspecified atom stereocenters. The number of hydrogen-bond acceptors (Lipinski definition) is 2. The predicted octanol–water partition coefficient (Wildman–Crippen LogP) is 2.36. The SMILES string of the molecule is Cc1cc2c(cc1F)NCC(C)N2. The monoisotopic (exact) mass is 180 g/mol. The van der Waals surface area contributed by atoms with Gasteiger partial charge in [0.15, 0.2) is 0 Å². The summed E-state index contributed by atoms with van der Waals surface area (Å²) >= 11 is 0. The summed E-state index contributed by atoms with van der Waals surface area (Å²) in [6.07, 6.45) is 0. The largest absolute Gasteiger partial charge is 0.381 e. The molecule has 13 heavy (non-hydrogen) atoms. The molecule has 2 nitrogen and oxygen atoms in total. The normalized spacial score (nSPS) is 20.1. The highest BCUT2D eigenvalue weighted by atomic mass is 19.1. The second kappa shape index (κ2) is 2.91. The molecule has 1 aliphatic rings. The zero-order chi connectivity index (χ0) is 9.42. The number of halogens is 1. The first-order valence-corrected chi connectivity index (χ1v) is 4.47. The number of aryl methyl sites for hydroxylation is 1. The number of nitrogens with one attached hydrogen (secondary N) is 2. The first-order chi connectivity index (χ1) is 6.16. The molecule has 0 amide bonds. The quantitative estimate of drug-likeness (QED) is 0.640. The Labute approximate surface area is 77.2 Å². The smallest absolute Gasteiger partial charge is 0.128 e. The molecule has 0 radical (unpaired) electrons. The molecule has 2 rings (SSSR count). The Morgan fingerprint density at radius 3 is 2.92 bits per heavy atom. The van der Waals surface area contributed by atoms with Crippen molar-refractivity contribution in [1.29, 1.82) is 0 Å². The van der Waals surface area contributed by atoms with Crippen LogP contribution in [-0.4, -0.2) is 12.6 Å². The topological polar surface area (TPSA) is 24.1 Å². The number of hydrogen-bond donors (Lipinski definition) is 2. The van der Waals surface area contributed by atoms with Crippen LogP contribution in [0.5, 0.6) is 0 Å². The molecule has 1 atom stereocenters. The standard InChI is InChI=1S/C10H13FN2/c1-6-3-10-9(4-8(6)11)12-5-7(2)13-10/h3-4,7,12-13H,5H2,1-2H3. The predicted molar refractivity (Wildman–Crippen MR) is 52.7 cm³/mol. The number of fused-ring (bicyclic) bond motifs is 1. The summed E-state index contributed by atoms with van der Waals surface area (Å²) in [6, 6.07) is 3.79. The molecule has 0 fully saturated rings. The first kappa shape index (κ1) is 8.35. The van der Waals surface area contributed by atoms with Crippen molar-refractivity contribution in [3.8, 4) is 0 Å². The molecule has 0 saturated heterocycles. The van der Waals surface area contributed by atoms with E-state index in [-0.39, 0.29) is 5.82 Å². The maximum absolute atomic E-state index is 13.1. The maximum Gasteiger partial charge on any atom is 0.128 e. The van der Waals surface area contributed by atoms with Crippen molar-refractivity contribution < 1.29 is 4.39 Å². The molecule has 2 N–H and O–H groups in total. The van der Waals surface area contributed by atoms with Crippen LogP contribution in [0.4, 0.5) is 15.8 Å². The first-order valence-electron chi connectivity index (χ1n) is 4.47. The van der Waals surface area contributed by atoms with Gasteiger partial charge in [0.2, 0.25) is 0 Å². The van der Waals surface area contributed by atoms with Gasteiger partial charge in [0.05, 0.1) is 11.4 Å². The minimum atomic E-state index is -0.150. The third kappa shape index (κ3) is 1.46. The van der Waals surface area contributed by atoms with Crippen LogP contribution in [0, 0.1) is 12.7 Å². The highest BCUT2D eigenvalue weighted by Gasteiger charge is 2.14. The lowest BCUT2D eigenvalue weighted by atomic mass is 10.1. The second-order valence-electron chi connectivity index (χ2n) is 3.57. The van der Waals surface area contributed by atoms with Crippen LogP contribution in [0.15, 0.2) is 12.1 Å². The van der Waals surface area contributed by atoms with Gasteiger partial charge in [-0.05, 0) is 31.5 Å². The van der Waals surface area contributed by atoms with Gasteiger partial charge in [0, 0.05) is 12.6 Å². The summed E-state index contributed by atoms with van der Waals surface area (Å²) in [6.45, 7) is 4.71. The zero-order valence-electron chi connectivity index (χ0n) is 7.82. The number of benzene rings is 1. The molecule has 1 aromatic carbocycles. The van der Waals surface area contributed by atoms with E-state index in [0.29, 0.717) is 11.6 Å². The van der Waals surface area contributed by atoms with E-state index in [2.05, 4.69) is 17.6 Å². The Morgan fingerprint density at radius 1 is 1.38 bits per heavy atom. The third-order valence-corrected chi connectivity index (χ3v) is 2.30. The fraction of sp³-hybridized carbons (Fsp3) is 0.400. The van der Waals surface area contributed by atoms with Crippen LogP contribution >= 0.6 is 0 Å². The highest BCUT2D eigenvalue weighted by molar-refractivity contribution is 5.72. The van der Waals surface area contributed by atoms with Crippen LogP contribution < -0.4 is 10.6 Å². The molecule has 3 heteroatoms. The van der Waals surface area contributed by atoms with E-state index in [0.717, 1.165) is 17.9 Å². The van der Waals surface area contributed by atoms with E-state index in [4.69, 9.17) is 0 Å². The zero-order valence-corrected chi connectivity index (χ0v) is 7.82. The molecular weight excluding hydrogens is 167 g/mol. The Hall–Kier alpha value is -1.25. The summed E-state index contributed by atoms with van der Waals surface area (Å²) in [5.41, 5.74) is 2.54. The van der Waals surface area contributed by atoms with E-state index in [1.807, 2.05) is 6.07 Å². The summed E-state index contributed by atoms with van der Waals surface area (Å²) in [4.78, 5) is 0. The summed E-state index contributed by atoms with van der Waals surface area (Å²) < 4.78 is 13.1. The lowest BCUT2D eigenvalue weighted by Gasteiger charge is -2.26. The Bertz CT molecular complexity index is 336. The van der Waals surface area contributed by atoms with Gasteiger partial charge in [-0.15, -0.1) is 0 Å². The van der Waals surface area contributed by atoms with E-state index in [9.17, 15) is 4.39 Å². The Balaban J connectivity index is 2.43. The molecule has 0 spiro atoms. The third-order valence-electron chi connectivity index (χ3n) is 2.30. The Morgan fingerprint density at radius 2 is 2.15 bits per heavy atom. The van der Waals surface area contributed by atoms with Crippen molar-refractivity contribution in [3.63, 3.8) is 0 Å². The fourth-order valence-electron chi connectivity index (χ4n) is 1.53. The number of anilines is 2. The van der Waals surface area contributed by atoms with Gasteiger partial charge >= 0.3 is 0 Å². The van der Waals surface area contributed by atoms with Crippen LogP contribution in [0.3, 0.4) is 0 Å². The number of rotatable bonds is 0. The summed E-state index contributed by atoms with van der Waals surface area (Å²) in [5, 5.41) is 6.48. The van der Waals surface area contributed by atoms with Crippen molar-refractivity contribution in [2.75, 3.05) is 17.2 Å². The van der Waals surface area contributed by atoms with Gasteiger partial charge in [-0.25, -0.2) is 4.39 Å². The maximum atomic E-state index is 13.1. The van der Waals surface area contributed by atoms with Crippen LogP contribution in [-0.2, 0) is 0 Å². The minimum absolute atomic E-state index is 0.150. The van der Waals surface area contributed by atoms with E-state index < -0.39 is 0 Å². The van der Waals surface area contributed by atoms with Gasteiger partial charge in [-0.2, -0.15) is 0 Å². The Kier molecular flexibility index (Phi) is 1.87. The van der Waals surface area contributed by atoms with Crippen molar-refractivity contribution in [3.05, 3.63) is 23.5 Å². The molecule has 1 aliphatic heterocycles. The molecule has 0 aliphatic carbocycles. The molecule has 1 heterocycles. The van der Waals surface area contributed by atoms with E-state index in [1.165, 1.54) is 0 Å². The molecule has 1 aromatic rings. The molecule has 0 aromatic heterocycles. The van der Waals surface area contributed by atoms with Crippen molar-refractivity contribution >= 4 is 11.4 Å². The fourth-order valence-corrected chi connectivity index (χ4v) is 1.53. The highest BCUT2D eigenvalue weighted by Crippen LogP contribution is 2.28. The molecule has 0 bridgehead atoms. The van der Waals surface area contributed by atoms with Gasteiger partial charge in [-0.3, -0.25) is 0 Å². The second-order valence-corrected chi connectivity index (χ2v) is 3.57. The molecular formula is C10H13FN2. The lowest BCUT2D eigenvalue weighted by molar-refractivity contribution is 0.618. The summed E-state index contributed by atoms with van der Waals surface area (Å²) in [7, 11) is 0. The average Bonchev–Trinajstić information content (AvgIpc) is 2.08. The molecule has 70 valence electrons. The van der Waals surface area contributed by atoms with Crippen molar-refractivity contribution in [1.82, 2.24) is 0 Å². The van der Waals surface area contributed by atoms with Crippen LogP contribution in [0.2, 0.25) is 0 Å². The van der Waals surface area contributed by atoms with Gasteiger partial charge in [-0.1, -0.05) is 0 Å². The molecule has 0 saturated carbocycles. The van der Waals surface area contributed by atoms with Gasteiger partial charge in [0.25, 0.3) is 0 Å².